The van der Waals surface area contributed by atoms with Crippen molar-refractivity contribution in [2.24, 2.45) is 5.92 Å². The van der Waals surface area contributed by atoms with E-state index in [2.05, 4.69) is 31.9 Å². The highest BCUT2D eigenvalue weighted by molar-refractivity contribution is 5.85. The molecular formula is C15H22ClNO. The highest BCUT2D eigenvalue weighted by Gasteiger charge is 2.47. The topological polar surface area (TPSA) is 23.5 Å². The minimum atomic E-state index is 0. The van der Waals surface area contributed by atoms with Crippen LogP contribution in [-0.2, 0) is 11.8 Å². The lowest BCUT2D eigenvalue weighted by Gasteiger charge is -2.53. The molecule has 0 amide bonds. The van der Waals surface area contributed by atoms with E-state index in [-0.39, 0.29) is 17.8 Å². The lowest BCUT2D eigenvalue weighted by atomic mass is 9.59. The Morgan fingerprint density at radius 2 is 2.11 bits per heavy atom. The molecule has 2 bridgehead atoms. The van der Waals surface area contributed by atoms with E-state index in [0.717, 1.165) is 6.42 Å². The third kappa shape index (κ3) is 1.74. The molecule has 0 aromatic heterocycles. The normalized spacial score (nSPS) is 34.6. The van der Waals surface area contributed by atoms with E-state index in [9.17, 15) is 5.11 Å². The van der Waals surface area contributed by atoms with Gasteiger partial charge < -0.3 is 10.0 Å². The van der Waals surface area contributed by atoms with Gasteiger partial charge in [-0.05, 0) is 61.0 Å². The lowest BCUT2D eigenvalue weighted by Crippen LogP contribution is -2.56. The van der Waals surface area contributed by atoms with Gasteiger partial charge in [0.15, 0.2) is 0 Å². The molecule has 3 heteroatoms. The van der Waals surface area contributed by atoms with Crippen LogP contribution in [0, 0.1) is 5.92 Å². The molecule has 18 heavy (non-hydrogen) atoms. The van der Waals surface area contributed by atoms with Gasteiger partial charge in [-0.3, -0.25) is 0 Å². The Morgan fingerprint density at radius 3 is 2.83 bits per heavy atom. The summed E-state index contributed by atoms with van der Waals surface area (Å²) < 4.78 is 0. The summed E-state index contributed by atoms with van der Waals surface area (Å²) in [5, 5.41) is 9.73. The molecule has 0 spiro atoms. The van der Waals surface area contributed by atoms with Crippen molar-refractivity contribution in [2.45, 2.75) is 38.1 Å². The van der Waals surface area contributed by atoms with Crippen molar-refractivity contribution in [3.8, 4) is 5.75 Å². The number of phenols is 1. The van der Waals surface area contributed by atoms with Gasteiger partial charge >= 0.3 is 0 Å². The van der Waals surface area contributed by atoms with E-state index in [4.69, 9.17) is 0 Å². The van der Waals surface area contributed by atoms with Gasteiger partial charge in [-0.25, -0.2) is 0 Å². The van der Waals surface area contributed by atoms with Gasteiger partial charge in [-0.1, -0.05) is 19.9 Å². The number of rotatable bonds is 0. The first-order valence-electron chi connectivity index (χ1n) is 6.55. The van der Waals surface area contributed by atoms with Gasteiger partial charge in [0.1, 0.15) is 5.75 Å². The quantitative estimate of drug-likeness (QED) is 0.781. The van der Waals surface area contributed by atoms with E-state index in [1.54, 1.807) is 0 Å². The summed E-state index contributed by atoms with van der Waals surface area (Å²) in [6.45, 7) is 5.91. The lowest BCUT2D eigenvalue weighted by molar-refractivity contribution is 0.0506. The molecule has 1 aromatic carbocycles. The predicted octanol–water partition coefficient (Wildman–Crippen LogP) is 2.97. The van der Waals surface area contributed by atoms with Crippen LogP contribution in [0.3, 0.4) is 0 Å². The summed E-state index contributed by atoms with van der Waals surface area (Å²) in [4.78, 5) is 2.50. The molecule has 1 fully saturated rings. The Hall–Kier alpha value is -0.730. The molecule has 3 unspecified atom stereocenters. The molecule has 1 heterocycles. The highest BCUT2D eigenvalue weighted by atomic mass is 35.5. The maximum Gasteiger partial charge on any atom is 0.115 e. The van der Waals surface area contributed by atoms with Crippen LogP contribution >= 0.6 is 12.4 Å². The maximum absolute atomic E-state index is 9.73. The van der Waals surface area contributed by atoms with E-state index in [1.807, 2.05) is 12.1 Å². The van der Waals surface area contributed by atoms with Gasteiger partial charge in [0.05, 0.1) is 0 Å². The number of phenolic OH excluding ortho intramolecular Hbond substituents is 1. The number of piperidine rings is 1. The minimum Gasteiger partial charge on any atom is -0.508 e. The zero-order chi connectivity index (χ0) is 12.2. The second kappa shape index (κ2) is 4.43. The Kier molecular flexibility index (Phi) is 3.37. The number of nitrogens with zero attached hydrogens (tertiary/aromatic N) is 1. The highest BCUT2D eigenvalue weighted by Crippen LogP contribution is 2.48. The SMILES string of the molecule is CC1C2Cc3ccc(O)cc3C1(C)CCN2C.Cl. The second-order valence-electron chi connectivity index (χ2n) is 6.05. The van der Waals surface area contributed by atoms with E-state index in [0.29, 0.717) is 17.7 Å². The molecular weight excluding hydrogens is 246 g/mol. The van der Waals surface area contributed by atoms with Crippen LogP contribution in [0.5, 0.6) is 5.75 Å². The summed E-state index contributed by atoms with van der Waals surface area (Å²) in [6, 6.07) is 6.59. The molecule has 1 N–H and O–H groups in total. The molecule has 0 saturated carbocycles. The molecule has 1 aliphatic heterocycles. The molecule has 0 radical (unpaired) electrons. The predicted molar refractivity (Wildman–Crippen MR) is 76.6 cm³/mol. The molecule has 2 aliphatic rings. The number of likely N-dealkylation sites (N-methyl/N-ethyl adjacent to an activating group) is 1. The number of halogens is 1. The smallest absolute Gasteiger partial charge is 0.115 e. The van der Waals surface area contributed by atoms with E-state index < -0.39 is 0 Å². The van der Waals surface area contributed by atoms with Crippen LogP contribution in [0.15, 0.2) is 18.2 Å². The fourth-order valence-corrected chi connectivity index (χ4v) is 3.82. The summed E-state index contributed by atoms with van der Waals surface area (Å²) in [5.41, 5.74) is 3.05. The van der Waals surface area contributed by atoms with Crippen LogP contribution in [0.1, 0.15) is 31.4 Å². The molecule has 1 aromatic rings. The standard InChI is InChI=1S/C15H21NO.ClH/c1-10-14-8-11-4-5-12(17)9-13(11)15(10,2)6-7-16(14)3;/h4-5,9-10,14,17H,6-8H2,1-3H3;1H. The number of hydrogen-bond acceptors (Lipinski definition) is 2. The van der Waals surface area contributed by atoms with Crippen LogP contribution in [0.4, 0.5) is 0 Å². The van der Waals surface area contributed by atoms with Crippen molar-refractivity contribution in [2.75, 3.05) is 13.6 Å². The Bertz CT molecular complexity index is 462. The maximum atomic E-state index is 9.73. The van der Waals surface area contributed by atoms with Crippen molar-refractivity contribution in [1.29, 1.82) is 0 Å². The number of likely N-dealkylation sites (tertiary alicyclic amines) is 1. The Morgan fingerprint density at radius 1 is 1.39 bits per heavy atom. The van der Waals surface area contributed by atoms with E-state index in [1.165, 1.54) is 24.1 Å². The first-order chi connectivity index (χ1) is 8.02. The van der Waals surface area contributed by atoms with Gasteiger partial charge in [0.25, 0.3) is 0 Å². The molecule has 2 nitrogen and oxygen atoms in total. The Labute approximate surface area is 115 Å². The van der Waals surface area contributed by atoms with Crippen molar-refractivity contribution in [3.63, 3.8) is 0 Å². The van der Waals surface area contributed by atoms with Crippen molar-refractivity contribution < 1.29 is 5.11 Å². The van der Waals surface area contributed by atoms with Gasteiger partial charge in [0.2, 0.25) is 0 Å². The van der Waals surface area contributed by atoms with Crippen LogP contribution in [0.2, 0.25) is 0 Å². The molecule has 100 valence electrons. The Balaban J connectivity index is 0.00000120. The zero-order valence-electron chi connectivity index (χ0n) is 11.3. The van der Waals surface area contributed by atoms with Crippen molar-refractivity contribution >= 4 is 12.4 Å². The number of fused-ring (bicyclic) bond motifs is 4. The van der Waals surface area contributed by atoms with Crippen LogP contribution in [0.25, 0.3) is 0 Å². The fourth-order valence-electron chi connectivity index (χ4n) is 3.82. The molecule has 1 aliphatic carbocycles. The minimum absolute atomic E-state index is 0. The third-order valence-electron chi connectivity index (χ3n) is 5.27. The average Bonchev–Trinajstić information content (AvgIpc) is 2.30. The first kappa shape index (κ1) is 13.7. The molecule has 3 rings (SSSR count). The zero-order valence-corrected chi connectivity index (χ0v) is 12.1. The summed E-state index contributed by atoms with van der Waals surface area (Å²) in [7, 11) is 2.24. The van der Waals surface area contributed by atoms with Crippen molar-refractivity contribution in [1.82, 2.24) is 4.90 Å². The van der Waals surface area contributed by atoms with Crippen LogP contribution in [-0.4, -0.2) is 29.6 Å². The van der Waals surface area contributed by atoms with E-state index >= 15 is 0 Å². The van der Waals surface area contributed by atoms with Crippen molar-refractivity contribution in [3.05, 3.63) is 29.3 Å². The largest absolute Gasteiger partial charge is 0.508 e. The summed E-state index contributed by atoms with van der Waals surface area (Å²) >= 11 is 0. The number of aromatic hydroxyl groups is 1. The van der Waals surface area contributed by atoms with Gasteiger partial charge in [-0.15, -0.1) is 12.4 Å². The number of benzene rings is 1. The molecule has 1 saturated heterocycles. The van der Waals surface area contributed by atoms with Gasteiger partial charge in [0, 0.05) is 6.04 Å². The average molecular weight is 268 g/mol. The second-order valence-corrected chi connectivity index (χ2v) is 6.05. The molecule has 3 atom stereocenters. The summed E-state index contributed by atoms with van der Waals surface area (Å²) in [6.07, 6.45) is 2.32. The summed E-state index contributed by atoms with van der Waals surface area (Å²) in [5.74, 6) is 1.07. The monoisotopic (exact) mass is 267 g/mol. The first-order valence-corrected chi connectivity index (χ1v) is 6.55. The van der Waals surface area contributed by atoms with Gasteiger partial charge in [-0.2, -0.15) is 0 Å². The number of hydrogen-bond donors (Lipinski definition) is 1. The third-order valence-corrected chi connectivity index (χ3v) is 5.27. The fraction of sp³-hybridized carbons (Fsp3) is 0.600. The van der Waals surface area contributed by atoms with Crippen LogP contribution < -0.4 is 0 Å².